The van der Waals surface area contributed by atoms with Crippen molar-refractivity contribution < 1.29 is 47.5 Å². The van der Waals surface area contributed by atoms with Gasteiger partial charge in [0, 0.05) is 6.92 Å². The quantitative estimate of drug-likeness (QED) is 0.0623. The normalized spacial score (nSPS) is 22.0. The van der Waals surface area contributed by atoms with Crippen LogP contribution in [0.15, 0.2) is 147 Å². The Morgan fingerprint density at radius 2 is 0.985 bits per heavy atom. The van der Waals surface area contributed by atoms with Crippen LogP contribution < -0.4 is 20.7 Å². The molecule has 2 saturated heterocycles. The Morgan fingerprint density at radius 1 is 0.621 bits per heavy atom. The molecule has 0 aliphatic carbocycles. The molecule has 4 aromatic rings. The van der Waals surface area contributed by atoms with Gasteiger partial charge in [-0.1, -0.05) is 175 Å². The third-order valence-corrected chi connectivity index (χ3v) is 22.2. The molecular weight excluding hydrogens is 865 g/mol. The summed E-state index contributed by atoms with van der Waals surface area (Å²) in [6.07, 6.45) is -0.973. The van der Waals surface area contributed by atoms with Gasteiger partial charge in [0.1, 0.15) is 30.5 Å². The van der Waals surface area contributed by atoms with Crippen molar-refractivity contribution in [2.24, 2.45) is 0 Å². The van der Waals surface area contributed by atoms with E-state index < -0.39 is 64.8 Å². The number of carbonyl (C=O) groups excluding carboxylic acids is 1. The van der Waals surface area contributed by atoms with E-state index in [2.05, 4.69) is 127 Å². The highest BCUT2D eigenvalue weighted by Crippen LogP contribution is 2.40. The van der Waals surface area contributed by atoms with Gasteiger partial charge in [-0.3, -0.25) is 4.79 Å². The molecule has 0 radical (unpaired) electrons. The van der Waals surface area contributed by atoms with Crippen LogP contribution in [0.5, 0.6) is 0 Å². The lowest BCUT2D eigenvalue weighted by molar-refractivity contribution is -0.172. The molecule has 2 aliphatic heterocycles. The fraction of sp³-hybridized carbons (Fsp3) is 0.463. The standard InChI is InChI=1S/C28H38O5Si.C26H36O5Si/c1-8-15-24-26(33-28(6,7)32-24)25(31-21(2)29)20-30-34(27(3,4)5,22-16-11-9-12-17-22)23-18-13-10-14-19-23;1-7-21(27)23-24(31-26(5,6)30-23)22(28)18-29-32(25(2,3)4,19-14-10-8-11-15-19)20-16-12-9-13-17-20/h8-14,16-19,24-26H,1,15,20H2,2-7H3;7-17,21-24,27-28H,1,18H2,2-6H3/t24-,25+,26?;21-,22+,23-,24?/m00/s1. The number of hydrogen-bond acceptors (Lipinski definition) is 10. The van der Waals surface area contributed by atoms with Gasteiger partial charge in [-0.05, 0) is 64.9 Å². The van der Waals surface area contributed by atoms with Gasteiger partial charge >= 0.3 is 5.97 Å². The molecule has 10 nitrogen and oxygen atoms in total. The van der Waals surface area contributed by atoms with Crippen molar-refractivity contribution in [3.05, 3.63) is 147 Å². The molecule has 0 spiro atoms. The van der Waals surface area contributed by atoms with E-state index in [4.69, 9.17) is 32.5 Å². The minimum absolute atomic E-state index is 0.0533. The maximum absolute atomic E-state index is 12.1. The average Bonchev–Trinajstić information content (AvgIpc) is 3.77. The molecule has 7 atom stereocenters. The monoisotopic (exact) mass is 938 g/mol. The SMILES string of the molecule is C=CC[C@@H]1OC(C)(C)OC1[C@@H](CO[Si](c1ccccc1)(c1ccccc1)C(C)(C)C)OC(C)=O.C=C[C@H](O)[C@@H]1OC(C)(C)OC1[C@H](O)CO[Si](c1ccccc1)(c1ccccc1)C(C)(C)C. The Kier molecular flexibility index (Phi) is 17.6. The molecule has 2 unspecified atom stereocenters. The van der Waals surface area contributed by atoms with Gasteiger partial charge in [0.15, 0.2) is 17.7 Å². The van der Waals surface area contributed by atoms with Crippen LogP contribution in [0.3, 0.4) is 0 Å². The summed E-state index contributed by atoms with van der Waals surface area (Å²) in [5.41, 5.74) is 0. The minimum atomic E-state index is -2.80. The zero-order chi connectivity index (χ0) is 48.6. The average molecular weight is 939 g/mol. The Hall–Kier alpha value is -4.06. The van der Waals surface area contributed by atoms with Crippen LogP contribution in [-0.4, -0.2) is 100 Å². The summed E-state index contributed by atoms with van der Waals surface area (Å²) in [6, 6.07) is 41.4. The molecule has 0 bridgehead atoms. The second-order valence-corrected chi connectivity index (χ2v) is 28.7. The van der Waals surface area contributed by atoms with Gasteiger partial charge in [0.25, 0.3) is 16.6 Å². The second kappa shape index (κ2) is 21.9. The highest BCUT2D eigenvalue weighted by atomic mass is 28.4. The number of ether oxygens (including phenoxy) is 5. The van der Waals surface area contributed by atoms with Gasteiger partial charge in [0.2, 0.25) is 0 Å². The number of carbonyl (C=O) groups is 1. The first-order valence-corrected chi connectivity index (χ1v) is 26.8. The summed E-state index contributed by atoms with van der Waals surface area (Å²) in [7, 11) is -5.59. The fourth-order valence-corrected chi connectivity index (χ4v) is 18.6. The zero-order valence-corrected chi connectivity index (χ0v) is 42.9. The van der Waals surface area contributed by atoms with Crippen LogP contribution in [0.25, 0.3) is 0 Å². The molecule has 2 fully saturated rings. The Bertz CT molecular complexity index is 2060. The highest BCUT2D eigenvalue weighted by molar-refractivity contribution is 7.00. The predicted octanol–water partition coefficient (Wildman–Crippen LogP) is 7.58. The van der Waals surface area contributed by atoms with Crippen LogP contribution in [0.2, 0.25) is 10.1 Å². The summed E-state index contributed by atoms with van der Waals surface area (Å²) >= 11 is 0. The molecule has 2 N–H and O–H groups in total. The van der Waals surface area contributed by atoms with E-state index in [0.717, 1.165) is 10.4 Å². The van der Waals surface area contributed by atoms with E-state index in [1.807, 2.05) is 62.4 Å². The van der Waals surface area contributed by atoms with Crippen molar-refractivity contribution in [2.75, 3.05) is 13.2 Å². The van der Waals surface area contributed by atoms with Crippen LogP contribution in [-0.2, 0) is 37.3 Å². The number of rotatable bonds is 17. The topological polar surface area (TPSA) is 122 Å². The minimum Gasteiger partial charge on any atom is -0.457 e. The lowest BCUT2D eigenvalue weighted by Gasteiger charge is -2.44. The van der Waals surface area contributed by atoms with E-state index in [-0.39, 0.29) is 35.4 Å². The van der Waals surface area contributed by atoms with Crippen molar-refractivity contribution in [3.8, 4) is 0 Å². The van der Waals surface area contributed by atoms with Crippen LogP contribution in [0, 0.1) is 0 Å². The van der Waals surface area contributed by atoms with Gasteiger partial charge < -0.3 is 42.7 Å². The molecule has 358 valence electrons. The third kappa shape index (κ3) is 12.1. The molecule has 6 rings (SSSR count). The van der Waals surface area contributed by atoms with Crippen LogP contribution >= 0.6 is 0 Å². The summed E-state index contributed by atoms with van der Waals surface area (Å²) in [5.74, 6) is -2.08. The molecule has 0 aromatic heterocycles. The molecule has 2 aliphatic rings. The van der Waals surface area contributed by atoms with Crippen molar-refractivity contribution in [1.29, 1.82) is 0 Å². The van der Waals surface area contributed by atoms with Gasteiger partial charge in [-0.25, -0.2) is 0 Å². The first-order chi connectivity index (χ1) is 31.0. The van der Waals surface area contributed by atoms with Crippen LogP contribution in [0.4, 0.5) is 0 Å². The summed E-state index contributed by atoms with van der Waals surface area (Å²) < 4.78 is 43.8. The maximum atomic E-state index is 12.1. The Labute approximate surface area is 396 Å². The number of aliphatic hydroxyl groups excluding tert-OH is 2. The molecule has 12 heteroatoms. The molecule has 2 heterocycles. The number of aliphatic hydroxyl groups is 2. The maximum Gasteiger partial charge on any atom is 0.303 e. The van der Waals surface area contributed by atoms with E-state index in [0.29, 0.717) is 6.42 Å². The first-order valence-electron chi connectivity index (χ1n) is 23.0. The molecule has 0 amide bonds. The van der Waals surface area contributed by atoms with Crippen molar-refractivity contribution in [3.63, 3.8) is 0 Å². The van der Waals surface area contributed by atoms with Crippen LogP contribution in [0.1, 0.15) is 82.6 Å². The van der Waals surface area contributed by atoms with E-state index in [1.165, 1.54) is 23.4 Å². The Balaban J connectivity index is 0.000000248. The highest BCUT2D eigenvalue weighted by Gasteiger charge is 2.54. The molecule has 4 aromatic carbocycles. The molecule has 66 heavy (non-hydrogen) atoms. The third-order valence-electron chi connectivity index (χ3n) is 12.2. The zero-order valence-electron chi connectivity index (χ0n) is 40.9. The predicted molar refractivity (Wildman–Crippen MR) is 267 cm³/mol. The van der Waals surface area contributed by atoms with Crippen molar-refractivity contribution in [2.45, 2.75) is 147 Å². The van der Waals surface area contributed by atoms with Gasteiger partial charge in [0.05, 0.1) is 19.3 Å². The van der Waals surface area contributed by atoms with E-state index >= 15 is 0 Å². The van der Waals surface area contributed by atoms with Gasteiger partial charge in [-0.2, -0.15) is 0 Å². The van der Waals surface area contributed by atoms with Crippen molar-refractivity contribution >= 4 is 43.4 Å². The van der Waals surface area contributed by atoms with Gasteiger partial charge in [-0.15, -0.1) is 13.2 Å². The Morgan fingerprint density at radius 3 is 1.35 bits per heavy atom. The smallest absolute Gasteiger partial charge is 0.303 e. The number of benzene rings is 4. The lowest BCUT2D eigenvalue weighted by Crippen LogP contribution is -2.67. The summed E-state index contributed by atoms with van der Waals surface area (Å²) in [5, 5.41) is 25.7. The fourth-order valence-electron chi connectivity index (χ4n) is 9.48. The number of hydrogen-bond donors (Lipinski definition) is 2. The van der Waals surface area contributed by atoms with E-state index in [9.17, 15) is 15.0 Å². The first kappa shape index (κ1) is 52.9. The molecular formula is C54H74O10Si2. The van der Waals surface area contributed by atoms with Crippen molar-refractivity contribution in [1.82, 2.24) is 0 Å². The largest absolute Gasteiger partial charge is 0.457 e. The summed E-state index contributed by atoms with van der Waals surface area (Å²) in [4.78, 5) is 12.1. The summed E-state index contributed by atoms with van der Waals surface area (Å²) in [6.45, 7) is 29.7. The lowest BCUT2D eigenvalue weighted by atomic mass is 10.0. The number of esters is 1. The second-order valence-electron chi connectivity index (χ2n) is 20.1. The van der Waals surface area contributed by atoms with E-state index in [1.54, 1.807) is 19.9 Å². The molecule has 0 saturated carbocycles.